The Morgan fingerprint density at radius 3 is 2.54 bits per heavy atom. The zero-order valence-corrected chi connectivity index (χ0v) is 15.3. The summed E-state index contributed by atoms with van der Waals surface area (Å²) in [4.78, 5) is 28.4. The van der Waals surface area contributed by atoms with E-state index in [1.165, 1.54) is 0 Å². The first-order chi connectivity index (χ1) is 13.6. The number of carbonyl (C=O) groups excluding carboxylic acids is 1. The van der Waals surface area contributed by atoms with Crippen LogP contribution in [0.4, 0.5) is 5.00 Å². The van der Waals surface area contributed by atoms with E-state index in [0.29, 0.717) is 16.7 Å². The number of aromatic carboxylic acids is 1. The number of nitrogens with one attached hydrogen (secondary N) is 1. The summed E-state index contributed by atoms with van der Waals surface area (Å²) in [5.41, 5.74) is 2.53. The van der Waals surface area contributed by atoms with Gasteiger partial charge in [-0.2, -0.15) is 0 Å². The quantitative estimate of drug-likeness (QED) is 0.500. The smallest absolute Gasteiger partial charge is 0.339 e. The number of para-hydroxylation sites is 2. The molecule has 1 amide bonds. The molecule has 0 radical (unpaired) electrons. The summed E-state index contributed by atoms with van der Waals surface area (Å²) >= 11 is 1.14. The van der Waals surface area contributed by atoms with Crippen LogP contribution in [0.1, 0.15) is 32.2 Å². The highest BCUT2D eigenvalue weighted by Crippen LogP contribution is 2.30. The van der Waals surface area contributed by atoms with Gasteiger partial charge >= 0.3 is 11.9 Å². The number of fused-ring (bicyclic) bond motifs is 1. The van der Waals surface area contributed by atoms with Gasteiger partial charge in [-0.1, -0.05) is 54.6 Å². The molecule has 6 nitrogen and oxygen atoms in total. The Hall–Kier alpha value is -3.71. The lowest BCUT2D eigenvalue weighted by Gasteiger charge is -2.02. The van der Waals surface area contributed by atoms with Crippen LogP contribution in [0.25, 0.3) is 23.3 Å². The van der Waals surface area contributed by atoms with E-state index in [-0.39, 0.29) is 16.5 Å². The van der Waals surface area contributed by atoms with E-state index in [2.05, 4.69) is 10.3 Å². The number of nitrogens with zero attached hydrogens (tertiary/aromatic N) is 1. The Bertz CT molecular complexity index is 1160. The number of rotatable bonds is 5. The fourth-order valence-electron chi connectivity index (χ4n) is 2.68. The van der Waals surface area contributed by atoms with Crippen molar-refractivity contribution >= 4 is 51.5 Å². The van der Waals surface area contributed by atoms with Crippen LogP contribution >= 0.6 is 11.3 Å². The maximum absolute atomic E-state index is 12.5. The largest absolute Gasteiger partial charge is 0.478 e. The van der Waals surface area contributed by atoms with E-state index in [9.17, 15) is 14.7 Å². The van der Waals surface area contributed by atoms with Crippen LogP contribution < -0.4 is 5.32 Å². The molecule has 0 spiro atoms. The first-order valence-electron chi connectivity index (χ1n) is 8.36. The Morgan fingerprint density at radius 1 is 1.04 bits per heavy atom. The van der Waals surface area contributed by atoms with Crippen LogP contribution in [-0.2, 0) is 0 Å². The second-order valence-electron chi connectivity index (χ2n) is 5.89. The van der Waals surface area contributed by atoms with Crippen molar-refractivity contribution in [3.63, 3.8) is 0 Å². The van der Waals surface area contributed by atoms with Crippen molar-refractivity contribution in [1.82, 2.24) is 4.98 Å². The number of benzene rings is 2. The van der Waals surface area contributed by atoms with Gasteiger partial charge in [0.1, 0.15) is 16.1 Å². The third-order valence-corrected chi connectivity index (χ3v) is 4.92. The molecular weight excluding hydrogens is 376 g/mol. The molecule has 2 aromatic carbocycles. The molecule has 138 valence electrons. The van der Waals surface area contributed by atoms with Gasteiger partial charge in [0.2, 0.25) is 0 Å². The molecule has 0 bridgehead atoms. The van der Waals surface area contributed by atoms with Gasteiger partial charge in [0.05, 0.1) is 0 Å². The van der Waals surface area contributed by atoms with Gasteiger partial charge in [-0.05, 0) is 17.7 Å². The van der Waals surface area contributed by atoms with E-state index >= 15 is 0 Å². The zero-order valence-electron chi connectivity index (χ0n) is 14.5. The summed E-state index contributed by atoms with van der Waals surface area (Å²) in [6.07, 6.45) is 3.53. The summed E-state index contributed by atoms with van der Waals surface area (Å²) in [7, 11) is 0. The fraction of sp³-hybridized carbons (Fsp3) is 0. The Morgan fingerprint density at radius 2 is 1.79 bits per heavy atom. The monoisotopic (exact) mass is 390 g/mol. The van der Waals surface area contributed by atoms with Crippen molar-refractivity contribution in [3.8, 4) is 0 Å². The molecule has 0 aliphatic rings. The maximum Gasteiger partial charge on any atom is 0.339 e. The highest BCUT2D eigenvalue weighted by Gasteiger charge is 2.21. The predicted molar refractivity (Wildman–Crippen MR) is 109 cm³/mol. The van der Waals surface area contributed by atoms with Crippen molar-refractivity contribution in [2.45, 2.75) is 0 Å². The van der Waals surface area contributed by atoms with Gasteiger partial charge in [0.25, 0.3) is 5.89 Å². The minimum absolute atomic E-state index is 0.0293. The van der Waals surface area contributed by atoms with E-state index < -0.39 is 11.9 Å². The van der Waals surface area contributed by atoms with E-state index in [1.807, 2.05) is 36.4 Å². The predicted octanol–water partition coefficient (Wildman–Crippen LogP) is 5.01. The number of anilines is 1. The standard InChI is InChI=1S/C21H14N2O4S/c24-18(19-22-15-8-4-5-9-16(15)27-19)23-20-17(21(25)26)14(12-28-20)11-10-13-6-2-1-3-7-13/h1-12H,(H,23,24)(H,25,26). The molecule has 0 unspecified atom stereocenters. The molecule has 4 rings (SSSR count). The second kappa shape index (κ2) is 7.50. The van der Waals surface area contributed by atoms with Crippen molar-refractivity contribution in [2.24, 2.45) is 0 Å². The van der Waals surface area contributed by atoms with Gasteiger partial charge in [0, 0.05) is 10.9 Å². The molecule has 28 heavy (non-hydrogen) atoms. The molecule has 0 saturated carbocycles. The van der Waals surface area contributed by atoms with Gasteiger partial charge in [-0.3, -0.25) is 4.79 Å². The number of thiophene rings is 1. The Kier molecular flexibility index (Phi) is 4.74. The first kappa shape index (κ1) is 17.7. The summed E-state index contributed by atoms with van der Waals surface area (Å²) in [6.45, 7) is 0. The molecule has 0 saturated heterocycles. The number of hydrogen-bond acceptors (Lipinski definition) is 5. The summed E-state index contributed by atoms with van der Waals surface area (Å²) in [5, 5.41) is 14.1. The summed E-state index contributed by atoms with van der Waals surface area (Å²) in [5.74, 6) is -1.84. The normalized spacial score (nSPS) is 11.1. The minimum atomic E-state index is -1.12. The number of amides is 1. The lowest BCUT2D eigenvalue weighted by Crippen LogP contribution is -2.13. The number of carboxylic acid groups (broad SMARTS) is 1. The molecule has 0 aliphatic carbocycles. The van der Waals surface area contributed by atoms with E-state index in [1.54, 1.807) is 35.7 Å². The van der Waals surface area contributed by atoms with Crippen molar-refractivity contribution < 1.29 is 19.1 Å². The zero-order chi connectivity index (χ0) is 19.5. The van der Waals surface area contributed by atoms with Crippen LogP contribution in [0.5, 0.6) is 0 Å². The fourth-order valence-corrected chi connectivity index (χ4v) is 3.60. The highest BCUT2D eigenvalue weighted by atomic mass is 32.1. The second-order valence-corrected chi connectivity index (χ2v) is 6.76. The highest BCUT2D eigenvalue weighted by molar-refractivity contribution is 7.15. The summed E-state index contributed by atoms with van der Waals surface area (Å²) < 4.78 is 5.43. The van der Waals surface area contributed by atoms with Crippen molar-refractivity contribution in [2.75, 3.05) is 5.32 Å². The van der Waals surface area contributed by atoms with Crippen LogP contribution in [0.15, 0.2) is 64.4 Å². The lowest BCUT2D eigenvalue weighted by molar-refractivity contribution is 0.0698. The summed E-state index contributed by atoms with van der Waals surface area (Å²) in [6, 6.07) is 16.6. The SMILES string of the molecule is O=C(Nc1scc(C=Cc2ccccc2)c1C(=O)O)c1nc2ccccc2o1. The molecular formula is C21H14N2O4S. The van der Waals surface area contributed by atoms with Crippen molar-refractivity contribution in [1.29, 1.82) is 0 Å². The third-order valence-electron chi connectivity index (χ3n) is 4.00. The number of hydrogen-bond donors (Lipinski definition) is 2. The van der Waals surface area contributed by atoms with E-state index in [0.717, 1.165) is 16.9 Å². The topological polar surface area (TPSA) is 92.4 Å². The van der Waals surface area contributed by atoms with Gasteiger partial charge in [-0.25, -0.2) is 9.78 Å². The first-order valence-corrected chi connectivity index (χ1v) is 9.24. The molecule has 0 atom stereocenters. The molecule has 0 aliphatic heterocycles. The Balaban J connectivity index is 1.61. The van der Waals surface area contributed by atoms with Crippen LogP contribution in [-0.4, -0.2) is 22.0 Å². The van der Waals surface area contributed by atoms with Gasteiger partial charge in [0.15, 0.2) is 5.58 Å². The lowest BCUT2D eigenvalue weighted by atomic mass is 10.1. The molecule has 2 N–H and O–H groups in total. The molecule has 2 heterocycles. The number of carbonyl (C=O) groups is 2. The average molecular weight is 390 g/mol. The Labute approximate surface area is 163 Å². The third kappa shape index (κ3) is 3.56. The molecule has 7 heteroatoms. The van der Waals surface area contributed by atoms with Crippen LogP contribution in [0, 0.1) is 0 Å². The average Bonchev–Trinajstić information content (AvgIpc) is 3.31. The van der Waals surface area contributed by atoms with E-state index in [4.69, 9.17) is 4.42 Å². The van der Waals surface area contributed by atoms with Crippen LogP contribution in [0.2, 0.25) is 0 Å². The molecule has 2 aromatic heterocycles. The number of carboxylic acids is 1. The van der Waals surface area contributed by atoms with Crippen LogP contribution in [0.3, 0.4) is 0 Å². The minimum Gasteiger partial charge on any atom is -0.478 e. The van der Waals surface area contributed by atoms with Gasteiger partial charge in [-0.15, -0.1) is 11.3 Å². The number of aromatic nitrogens is 1. The molecule has 4 aromatic rings. The molecule has 0 fully saturated rings. The van der Waals surface area contributed by atoms with Gasteiger partial charge < -0.3 is 14.8 Å². The van der Waals surface area contributed by atoms with Crippen molar-refractivity contribution in [3.05, 3.63) is 82.6 Å². The maximum atomic E-state index is 12.5. The number of oxazole rings is 1.